The van der Waals surface area contributed by atoms with Crippen LogP contribution < -0.4 is 4.90 Å². The van der Waals surface area contributed by atoms with Gasteiger partial charge in [0, 0.05) is 49.0 Å². The third-order valence-electron chi connectivity index (χ3n) is 3.51. The average molecular weight is 345 g/mol. The van der Waals surface area contributed by atoms with Crippen LogP contribution in [0.25, 0.3) is 0 Å². The number of aliphatic hydroxyl groups is 1. The molecule has 0 spiro atoms. The number of aliphatic hydroxyl groups excluding tert-OH is 1. The van der Waals surface area contributed by atoms with Crippen molar-refractivity contribution < 1.29 is 10.0 Å². The largest absolute Gasteiger partial charge is 0.395 e. The summed E-state index contributed by atoms with van der Waals surface area (Å²) in [5.41, 5.74) is 0.0167. The molecule has 0 amide bonds. The molecule has 1 fully saturated rings. The Labute approximate surface area is 125 Å². The molecule has 0 bridgehead atoms. The Hall–Kier alpha value is -1.25. The summed E-state index contributed by atoms with van der Waals surface area (Å²) in [6.07, 6.45) is 1.57. The maximum Gasteiger partial charge on any atom is 0.312 e. The number of hydrogen-bond acceptors (Lipinski definition) is 6. The van der Waals surface area contributed by atoms with Crippen molar-refractivity contribution in [3.63, 3.8) is 0 Å². The Morgan fingerprint density at radius 3 is 2.70 bits per heavy atom. The van der Waals surface area contributed by atoms with Crippen LogP contribution in [0.1, 0.15) is 6.92 Å². The zero-order chi connectivity index (χ0) is 14.7. The van der Waals surface area contributed by atoms with E-state index in [9.17, 15) is 10.1 Å². The van der Waals surface area contributed by atoms with Crippen molar-refractivity contribution in [3.8, 4) is 0 Å². The highest BCUT2D eigenvalue weighted by Gasteiger charge is 2.26. The fourth-order valence-corrected chi connectivity index (χ4v) is 2.61. The molecule has 0 aliphatic carbocycles. The molecule has 1 unspecified atom stereocenters. The lowest BCUT2D eigenvalue weighted by molar-refractivity contribution is -0.384. The van der Waals surface area contributed by atoms with E-state index in [4.69, 9.17) is 5.11 Å². The van der Waals surface area contributed by atoms with Gasteiger partial charge >= 0.3 is 5.69 Å². The molecule has 2 rings (SSSR count). The van der Waals surface area contributed by atoms with Crippen molar-refractivity contribution >= 4 is 27.4 Å². The van der Waals surface area contributed by atoms with E-state index in [1.165, 1.54) is 6.07 Å². The van der Waals surface area contributed by atoms with E-state index in [2.05, 4.69) is 25.8 Å². The third kappa shape index (κ3) is 3.25. The normalized spacial score (nSPS) is 18.1. The molecule has 0 aromatic carbocycles. The summed E-state index contributed by atoms with van der Waals surface area (Å²) in [5, 5.41) is 20.3. The van der Waals surface area contributed by atoms with Crippen LogP contribution >= 0.6 is 15.9 Å². The van der Waals surface area contributed by atoms with Gasteiger partial charge in [0.15, 0.2) is 0 Å². The van der Waals surface area contributed by atoms with Gasteiger partial charge in [-0.15, -0.1) is 0 Å². The van der Waals surface area contributed by atoms with E-state index in [0.29, 0.717) is 23.4 Å². The Morgan fingerprint density at radius 2 is 2.15 bits per heavy atom. The average Bonchev–Trinajstić information content (AvgIpc) is 2.46. The van der Waals surface area contributed by atoms with Gasteiger partial charge in [-0.3, -0.25) is 15.0 Å². The van der Waals surface area contributed by atoms with E-state index in [0.717, 1.165) is 13.1 Å². The first-order chi connectivity index (χ1) is 9.52. The van der Waals surface area contributed by atoms with E-state index in [-0.39, 0.29) is 18.3 Å². The molecule has 1 atom stereocenters. The molecule has 1 aromatic rings. The van der Waals surface area contributed by atoms with Gasteiger partial charge in [0.2, 0.25) is 5.82 Å². The lowest BCUT2D eigenvalue weighted by Crippen LogP contribution is -2.50. The van der Waals surface area contributed by atoms with Crippen LogP contribution in [0.2, 0.25) is 0 Å². The molecule has 0 saturated carbocycles. The van der Waals surface area contributed by atoms with Gasteiger partial charge in [-0.2, -0.15) is 0 Å². The number of rotatable bonds is 4. The van der Waals surface area contributed by atoms with Crippen molar-refractivity contribution in [1.29, 1.82) is 0 Å². The summed E-state index contributed by atoms with van der Waals surface area (Å²) in [5.74, 6) is 0.412. The van der Waals surface area contributed by atoms with Crippen LogP contribution in [0.4, 0.5) is 11.5 Å². The van der Waals surface area contributed by atoms with Crippen LogP contribution in [0.5, 0.6) is 0 Å². The standard InChI is InChI=1S/C12H17BrN4O3/c1-9(8-18)15-2-4-16(5-3-15)12-11(17(19)20)6-10(13)7-14-12/h6-7,9,18H,2-5,8H2,1H3. The highest BCUT2D eigenvalue weighted by atomic mass is 79.9. The first-order valence-electron chi connectivity index (χ1n) is 6.42. The molecule has 1 N–H and O–H groups in total. The predicted octanol–water partition coefficient (Wildman–Crippen LogP) is 1.26. The molecule has 1 aliphatic rings. The molecule has 1 aromatic heterocycles. The highest BCUT2D eigenvalue weighted by Crippen LogP contribution is 2.29. The number of halogens is 1. The summed E-state index contributed by atoms with van der Waals surface area (Å²) in [4.78, 5) is 19.0. The minimum absolute atomic E-state index is 0.0167. The van der Waals surface area contributed by atoms with Gasteiger partial charge in [0.25, 0.3) is 0 Å². The van der Waals surface area contributed by atoms with Gasteiger partial charge in [-0.25, -0.2) is 4.98 Å². The number of piperazine rings is 1. The Morgan fingerprint density at radius 1 is 1.50 bits per heavy atom. The zero-order valence-electron chi connectivity index (χ0n) is 11.2. The zero-order valence-corrected chi connectivity index (χ0v) is 12.8. The van der Waals surface area contributed by atoms with Crippen molar-refractivity contribution in [3.05, 3.63) is 26.9 Å². The number of nitro groups is 1. The summed E-state index contributed by atoms with van der Waals surface area (Å²) in [6, 6.07) is 1.59. The molecule has 1 aliphatic heterocycles. The van der Waals surface area contributed by atoms with E-state index in [1.807, 2.05) is 11.8 Å². The summed E-state index contributed by atoms with van der Waals surface area (Å²) in [7, 11) is 0. The first kappa shape index (κ1) is 15.1. The second-order valence-electron chi connectivity index (χ2n) is 4.81. The van der Waals surface area contributed by atoms with Gasteiger partial charge in [-0.05, 0) is 22.9 Å². The Bertz CT molecular complexity index is 492. The maximum absolute atomic E-state index is 11.1. The van der Waals surface area contributed by atoms with Crippen LogP contribution in [0.15, 0.2) is 16.7 Å². The van der Waals surface area contributed by atoms with Crippen molar-refractivity contribution in [1.82, 2.24) is 9.88 Å². The molecule has 8 heteroatoms. The molecule has 7 nitrogen and oxygen atoms in total. The molecular formula is C12H17BrN4O3. The SMILES string of the molecule is CC(CO)N1CCN(c2ncc(Br)cc2[N+](=O)[O-])CC1. The molecule has 2 heterocycles. The number of hydrogen-bond donors (Lipinski definition) is 1. The lowest BCUT2D eigenvalue weighted by atomic mass is 10.2. The summed E-state index contributed by atoms with van der Waals surface area (Å²) in [6.45, 7) is 4.94. The number of aromatic nitrogens is 1. The Kier molecular flexibility index (Phi) is 4.90. The summed E-state index contributed by atoms with van der Waals surface area (Å²) >= 11 is 3.21. The summed E-state index contributed by atoms with van der Waals surface area (Å²) < 4.78 is 0.598. The molecule has 0 radical (unpaired) electrons. The Balaban J connectivity index is 2.13. The van der Waals surface area contributed by atoms with Crippen molar-refractivity contribution in [2.24, 2.45) is 0 Å². The van der Waals surface area contributed by atoms with E-state index >= 15 is 0 Å². The fraction of sp³-hybridized carbons (Fsp3) is 0.583. The molecule has 110 valence electrons. The first-order valence-corrected chi connectivity index (χ1v) is 7.22. The van der Waals surface area contributed by atoms with E-state index in [1.54, 1.807) is 6.20 Å². The second-order valence-corrected chi connectivity index (χ2v) is 5.72. The van der Waals surface area contributed by atoms with Crippen LogP contribution in [0, 0.1) is 10.1 Å². The monoisotopic (exact) mass is 344 g/mol. The topological polar surface area (TPSA) is 82.7 Å². The second kappa shape index (κ2) is 6.47. The minimum atomic E-state index is -0.407. The van der Waals surface area contributed by atoms with Gasteiger partial charge in [0.1, 0.15) is 0 Å². The van der Waals surface area contributed by atoms with Crippen LogP contribution in [0.3, 0.4) is 0 Å². The van der Waals surface area contributed by atoms with Crippen LogP contribution in [-0.2, 0) is 0 Å². The number of anilines is 1. The van der Waals surface area contributed by atoms with E-state index < -0.39 is 4.92 Å². The smallest absolute Gasteiger partial charge is 0.312 e. The van der Waals surface area contributed by atoms with Crippen molar-refractivity contribution in [2.45, 2.75) is 13.0 Å². The van der Waals surface area contributed by atoms with Gasteiger partial charge in [0.05, 0.1) is 11.5 Å². The molecular weight excluding hydrogens is 328 g/mol. The van der Waals surface area contributed by atoms with Crippen LogP contribution in [-0.4, -0.2) is 58.7 Å². The lowest BCUT2D eigenvalue weighted by Gasteiger charge is -2.37. The number of nitrogens with zero attached hydrogens (tertiary/aromatic N) is 4. The quantitative estimate of drug-likeness (QED) is 0.653. The van der Waals surface area contributed by atoms with Crippen molar-refractivity contribution in [2.75, 3.05) is 37.7 Å². The minimum Gasteiger partial charge on any atom is -0.395 e. The van der Waals surface area contributed by atoms with Gasteiger partial charge < -0.3 is 10.0 Å². The van der Waals surface area contributed by atoms with Gasteiger partial charge in [-0.1, -0.05) is 0 Å². The molecule has 1 saturated heterocycles. The number of pyridine rings is 1. The maximum atomic E-state index is 11.1. The fourth-order valence-electron chi connectivity index (χ4n) is 2.29. The molecule has 20 heavy (non-hydrogen) atoms. The predicted molar refractivity (Wildman–Crippen MR) is 78.9 cm³/mol. The third-order valence-corrected chi connectivity index (χ3v) is 3.95. The highest BCUT2D eigenvalue weighted by molar-refractivity contribution is 9.10.